The Morgan fingerprint density at radius 1 is 1.33 bits per heavy atom. The van der Waals surface area contributed by atoms with Crippen molar-refractivity contribution in [3.05, 3.63) is 42.7 Å². The number of methoxy groups -OCH3 is 1. The van der Waals surface area contributed by atoms with Crippen LogP contribution in [0.4, 0.5) is 5.82 Å². The standard InChI is InChI=1S/C19H18N4O3S/c1-26-16(24)10-14-18(25)20-7-8-23(14)17-13-9-15(12-5-3-2-4-6-12)27-19(13)22-11-21-17/h2-6,9,11,14H,7-8,10H2,1H3,(H,20,25). The molecule has 27 heavy (non-hydrogen) atoms. The van der Waals surface area contributed by atoms with Crippen LogP contribution in [0, 0.1) is 0 Å². The molecule has 3 heterocycles. The van der Waals surface area contributed by atoms with Crippen molar-refractivity contribution in [1.82, 2.24) is 15.3 Å². The van der Waals surface area contributed by atoms with E-state index in [9.17, 15) is 9.59 Å². The molecular formula is C19H18N4O3S. The minimum Gasteiger partial charge on any atom is -0.469 e. The smallest absolute Gasteiger partial charge is 0.308 e. The minimum absolute atomic E-state index is 0.0243. The van der Waals surface area contributed by atoms with E-state index in [1.54, 1.807) is 11.3 Å². The summed E-state index contributed by atoms with van der Waals surface area (Å²) in [5, 5.41) is 3.69. The number of anilines is 1. The number of fused-ring (bicyclic) bond motifs is 1. The second-order valence-corrected chi connectivity index (χ2v) is 7.20. The maximum absolute atomic E-state index is 12.4. The van der Waals surface area contributed by atoms with E-state index in [-0.39, 0.29) is 12.3 Å². The third-order valence-electron chi connectivity index (χ3n) is 4.56. The number of benzene rings is 1. The van der Waals surface area contributed by atoms with Crippen LogP contribution in [0.25, 0.3) is 20.7 Å². The lowest BCUT2D eigenvalue weighted by Crippen LogP contribution is -2.56. The molecule has 1 aliphatic rings. The topological polar surface area (TPSA) is 84.4 Å². The number of hydrogen-bond acceptors (Lipinski definition) is 7. The number of hydrogen-bond donors (Lipinski definition) is 1. The van der Waals surface area contributed by atoms with Gasteiger partial charge in [-0.05, 0) is 11.6 Å². The SMILES string of the molecule is COC(=O)CC1C(=O)NCCN1c1ncnc2sc(-c3ccccc3)cc12. The molecule has 0 bridgehead atoms. The van der Waals surface area contributed by atoms with E-state index in [0.717, 1.165) is 20.7 Å². The molecule has 3 aromatic rings. The van der Waals surface area contributed by atoms with E-state index < -0.39 is 12.0 Å². The average Bonchev–Trinajstić information content (AvgIpc) is 3.14. The van der Waals surface area contributed by atoms with Gasteiger partial charge in [-0.3, -0.25) is 9.59 Å². The zero-order valence-corrected chi connectivity index (χ0v) is 15.5. The molecule has 1 amide bonds. The normalized spacial score (nSPS) is 17.0. The molecular weight excluding hydrogens is 364 g/mol. The van der Waals surface area contributed by atoms with E-state index in [2.05, 4.69) is 15.3 Å². The molecule has 1 fully saturated rings. The monoisotopic (exact) mass is 382 g/mol. The highest BCUT2D eigenvalue weighted by Crippen LogP contribution is 2.36. The third-order valence-corrected chi connectivity index (χ3v) is 5.65. The van der Waals surface area contributed by atoms with Crippen molar-refractivity contribution < 1.29 is 14.3 Å². The van der Waals surface area contributed by atoms with Gasteiger partial charge in [-0.2, -0.15) is 0 Å². The van der Waals surface area contributed by atoms with Gasteiger partial charge in [0.25, 0.3) is 0 Å². The second kappa shape index (κ2) is 7.32. The summed E-state index contributed by atoms with van der Waals surface area (Å²) >= 11 is 1.58. The highest BCUT2D eigenvalue weighted by molar-refractivity contribution is 7.21. The molecule has 8 heteroatoms. The molecule has 0 spiro atoms. The lowest BCUT2D eigenvalue weighted by molar-refractivity contribution is -0.143. The van der Waals surface area contributed by atoms with Gasteiger partial charge >= 0.3 is 5.97 Å². The van der Waals surface area contributed by atoms with Crippen molar-refractivity contribution in [3.63, 3.8) is 0 Å². The Morgan fingerprint density at radius 2 is 2.15 bits per heavy atom. The molecule has 1 atom stereocenters. The number of amides is 1. The number of aromatic nitrogens is 2. The van der Waals surface area contributed by atoms with E-state index in [0.29, 0.717) is 18.9 Å². The fourth-order valence-corrected chi connectivity index (χ4v) is 4.23. The molecule has 1 aliphatic heterocycles. The molecule has 1 N–H and O–H groups in total. The lowest BCUT2D eigenvalue weighted by atomic mass is 10.1. The number of nitrogens with one attached hydrogen (secondary N) is 1. The molecule has 1 aromatic carbocycles. The van der Waals surface area contributed by atoms with Crippen LogP contribution in [0.3, 0.4) is 0 Å². The first kappa shape index (κ1) is 17.4. The van der Waals surface area contributed by atoms with Gasteiger partial charge in [0.05, 0.1) is 18.9 Å². The van der Waals surface area contributed by atoms with E-state index >= 15 is 0 Å². The predicted octanol–water partition coefficient (Wildman–Crippen LogP) is 2.23. The van der Waals surface area contributed by atoms with Gasteiger partial charge in [-0.15, -0.1) is 11.3 Å². The molecule has 0 radical (unpaired) electrons. The van der Waals surface area contributed by atoms with Gasteiger partial charge in [0, 0.05) is 18.0 Å². The van der Waals surface area contributed by atoms with Gasteiger partial charge in [0.1, 0.15) is 23.0 Å². The van der Waals surface area contributed by atoms with Crippen molar-refractivity contribution >= 4 is 39.2 Å². The molecule has 7 nitrogen and oxygen atoms in total. The first-order valence-electron chi connectivity index (χ1n) is 8.58. The number of piperazine rings is 1. The molecule has 0 saturated carbocycles. The van der Waals surface area contributed by atoms with Crippen molar-refractivity contribution in [2.75, 3.05) is 25.1 Å². The third kappa shape index (κ3) is 3.35. The van der Waals surface area contributed by atoms with Crippen LogP contribution in [0.2, 0.25) is 0 Å². The average molecular weight is 382 g/mol. The molecule has 2 aromatic heterocycles. The van der Waals surface area contributed by atoms with Crippen LogP contribution in [0.1, 0.15) is 6.42 Å². The van der Waals surface area contributed by atoms with E-state index in [1.807, 2.05) is 41.3 Å². The van der Waals surface area contributed by atoms with Crippen molar-refractivity contribution in [3.8, 4) is 10.4 Å². The van der Waals surface area contributed by atoms with E-state index in [4.69, 9.17) is 4.74 Å². The van der Waals surface area contributed by atoms with E-state index in [1.165, 1.54) is 13.4 Å². The van der Waals surface area contributed by atoms with Crippen LogP contribution in [0.5, 0.6) is 0 Å². The lowest BCUT2D eigenvalue weighted by Gasteiger charge is -2.35. The minimum atomic E-state index is -0.649. The molecule has 138 valence electrons. The zero-order valence-electron chi connectivity index (χ0n) is 14.7. The number of carbonyl (C=O) groups is 2. The summed E-state index contributed by atoms with van der Waals surface area (Å²) in [5.41, 5.74) is 1.11. The highest BCUT2D eigenvalue weighted by atomic mass is 32.1. The maximum atomic E-state index is 12.4. The largest absolute Gasteiger partial charge is 0.469 e. The quantitative estimate of drug-likeness (QED) is 0.697. The maximum Gasteiger partial charge on any atom is 0.308 e. The number of carbonyl (C=O) groups excluding carboxylic acids is 2. The van der Waals surface area contributed by atoms with Gasteiger partial charge in [0.15, 0.2) is 0 Å². The van der Waals surface area contributed by atoms with Crippen LogP contribution in [-0.4, -0.2) is 48.1 Å². The fourth-order valence-electron chi connectivity index (χ4n) is 3.23. The zero-order chi connectivity index (χ0) is 18.8. The summed E-state index contributed by atoms with van der Waals surface area (Å²) in [6, 6.07) is 11.5. The number of esters is 1. The molecule has 0 aliphatic carbocycles. The Labute approximate surface area is 160 Å². The first-order valence-corrected chi connectivity index (χ1v) is 9.40. The Morgan fingerprint density at radius 3 is 2.93 bits per heavy atom. The molecule has 1 saturated heterocycles. The fraction of sp³-hybridized carbons (Fsp3) is 0.263. The highest BCUT2D eigenvalue weighted by Gasteiger charge is 2.34. The summed E-state index contributed by atoms with van der Waals surface area (Å²) in [6.45, 7) is 1.06. The Bertz CT molecular complexity index is 989. The van der Waals surface area contributed by atoms with Crippen molar-refractivity contribution in [2.45, 2.75) is 12.5 Å². The van der Waals surface area contributed by atoms with Crippen LogP contribution >= 0.6 is 11.3 Å². The summed E-state index contributed by atoms with van der Waals surface area (Å²) in [4.78, 5) is 36.8. The summed E-state index contributed by atoms with van der Waals surface area (Å²) < 4.78 is 4.76. The number of ether oxygens (including phenoxy) is 1. The Balaban J connectivity index is 1.76. The van der Waals surface area contributed by atoms with Crippen molar-refractivity contribution in [2.24, 2.45) is 0 Å². The summed E-state index contributed by atoms with van der Waals surface area (Å²) in [7, 11) is 1.32. The first-order chi connectivity index (χ1) is 13.2. The van der Waals surface area contributed by atoms with Crippen LogP contribution in [0.15, 0.2) is 42.7 Å². The summed E-state index contributed by atoms with van der Waals surface area (Å²) in [5.74, 6) is 0.0433. The Kier molecular flexibility index (Phi) is 4.72. The number of nitrogens with zero attached hydrogens (tertiary/aromatic N) is 3. The summed E-state index contributed by atoms with van der Waals surface area (Å²) in [6.07, 6.45) is 1.48. The van der Waals surface area contributed by atoms with Crippen molar-refractivity contribution in [1.29, 1.82) is 0 Å². The van der Waals surface area contributed by atoms with Gasteiger partial charge in [-0.25, -0.2) is 9.97 Å². The predicted molar refractivity (Wildman–Crippen MR) is 104 cm³/mol. The second-order valence-electron chi connectivity index (χ2n) is 6.17. The van der Waals surface area contributed by atoms with Gasteiger partial charge in [0.2, 0.25) is 5.91 Å². The number of rotatable bonds is 4. The Hall–Kier alpha value is -3.00. The van der Waals surface area contributed by atoms with Gasteiger partial charge in [-0.1, -0.05) is 30.3 Å². The molecule has 4 rings (SSSR count). The molecule has 1 unspecified atom stereocenters. The van der Waals surface area contributed by atoms with Gasteiger partial charge < -0.3 is 15.0 Å². The van der Waals surface area contributed by atoms with Crippen LogP contribution in [-0.2, 0) is 14.3 Å². The number of thiophene rings is 1. The van der Waals surface area contributed by atoms with Crippen LogP contribution < -0.4 is 10.2 Å².